The van der Waals surface area contributed by atoms with Gasteiger partial charge in [0.2, 0.25) is 5.69 Å². The summed E-state index contributed by atoms with van der Waals surface area (Å²) >= 11 is 0. The fourth-order valence-electron chi connectivity index (χ4n) is 8.96. The lowest BCUT2D eigenvalue weighted by Crippen LogP contribution is -2.61. The summed E-state index contributed by atoms with van der Waals surface area (Å²) in [5.41, 5.74) is 11.1. The van der Waals surface area contributed by atoms with E-state index in [0.717, 1.165) is 28.5 Å². The van der Waals surface area contributed by atoms with Crippen molar-refractivity contribution in [2.24, 2.45) is 0 Å². The van der Waals surface area contributed by atoms with Gasteiger partial charge < -0.3 is 4.42 Å². The van der Waals surface area contributed by atoms with E-state index in [1.54, 1.807) is 0 Å². The fourth-order valence-corrected chi connectivity index (χ4v) is 10.1. The predicted molar refractivity (Wildman–Crippen MR) is 205 cm³/mol. The Bertz CT molecular complexity index is 2890. The summed E-state index contributed by atoms with van der Waals surface area (Å²) in [5.74, 6) is 1.17. The minimum Gasteiger partial charge on any atom is -0.455 e. The maximum atomic E-state index is 6.96. The first-order valence-electron chi connectivity index (χ1n) is 17.6. The maximum absolute atomic E-state index is 6.96. The highest BCUT2D eigenvalue weighted by molar-refractivity contribution is 6.88. The number of furan rings is 1. The average Bonchev–Trinajstić information content (AvgIpc) is 3.84. The second-order valence-corrected chi connectivity index (χ2v) is 20.1. The molecule has 238 valence electrons. The number of hydrogen-bond donors (Lipinski definition) is 0. The monoisotopic (exact) mass is 661 g/mol. The lowest BCUT2D eigenvalue weighted by atomic mass is 9.88. The second-order valence-electron chi connectivity index (χ2n) is 15.0. The maximum Gasteiger partial charge on any atom is 0.364 e. The molecule has 0 aliphatic carbocycles. The van der Waals surface area contributed by atoms with Crippen molar-refractivity contribution in [3.63, 3.8) is 0 Å². The zero-order valence-electron chi connectivity index (χ0n) is 28.3. The molecule has 0 radical (unpaired) electrons. The number of imidazole rings is 1. The summed E-state index contributed by atoms with van der Waals surface area (Å²) < 4.78 is 14.8. The number of para-hydroxylation sites is 1. The van der Waals surface area contributed by atoms with Gasteiger partial charge in [0, 0.05) is 22.0 Å². The SMILES string of the molecule is C[Si](C)(C)c1ccc2[n+](c1)C1(c3ccccc3-2)c2ccc3c(oc4ccccc43)c2-c2n1c1cc3ccccc3cc1[n+]2Cc1ccccc1. The van der Waals surface area contributed by atoms with Crippen LogP contribution >= 0.6 is 0 Å². The lowest BCUT2D eigenvalue weighted by Gasteiger charge is -2.22. The molecule has 5 heterocycles. The van der Waals surface area contributed by atoms with E-state index < -0.39 is 13.7 Å². The van der Waals surface area contributed by atoms with E-state index in [4.69, 9.17) is 4.42 Å². The standard InChI is InChI=1S/C45H35N3OSi/c1-50(2,3)32-21-24-38-35-18-9-11-19-36(35)45(47(38)28-32)37-23-22-34-33-17-10-12-20-41(33)49-43(34)42(37)44-46(27-29-13-5-4-6-14-29)39-25-30-15-7-8-16-31(30)26-40(39)48(44)45/h4-26,28H,27H2,1-3H3/q+2. The van der Waals surface area contributed by atoms with Crippen LogP contribution in [-0.4, -0.2) is 12.6 Å². The minimum atomic E-state index is -1.69. The van der Waals surface area contributed by atoms with Crippen LogP contribution in [0.5, 0.6) is 0 Å². The summed E-state index contributed by atoms with van der Waals surface area (Å²) in [6.45, 7) is 8.07. The summed E-state index contributed by atoms with van der Waals surface area (Å²) in [4.78, 5) is 0. The van der Waals surface area contributed by atoms with E-state index in [1.165, 1.54) is 66.3 Å². The molecular formula is C45H35N3OSi+2. The van der Waals surface area contributed by atoms with E-state index in [-0.39, 0.29) is 0 Å². The molecule has 3 aromatic heterocycles. The van der Waals surface area contributed by atoms with Gasteiger partial charge in [0.15, 0.2) is 22.8 Å². The number of benzene rings is 6. The fraction of sp³-hybridized carbons (Fsp3) is 0.111. The molecule has 6 aromatic carbocycles. The molecule has 2 aliphatic rings. The topological polar surface area (TPSA) is 25.8 Å². The largest absolute Gasteiger partial charge is 0.455 e. The van der Waals surface area contributed by atoms with Crippen LogP contribution in [0.4, 0.5) is 0 Å². The Morgan fingerprint density at radius 3 is 2.26 bits per heavy atom. The number of hydrogen-bond acceptors (Lipinski definition) is 1. The van der Waals surface area contributed by atoms with Crippen LogP contribution in [0.25, 0.3) is 66.4 Å². The molecule has 0 saturated carbocycles. The molecule has 1 atom stereocenters. The third-order valence-corrected chi connectivity index (χ3v) is 13.3. The van der Waals surface area contributed by atoms with Crippen LogP contribution in [-0.2, 0) is 12.2 Å². The summed E-state index contributed by atoms with van der Waals surface area (Å²) in [7, 11) is -1.69. The number of nitrogens with zero attached hydrogens (tertiary/aromatic N) is 3. The molecule has 4 nitrogen and oxygen atoms in total. The number of rotatable bonds is 3. The number of pyridine rings is 1. The van der Waals surface area contributed by atoms with Gasteiger partial charge in [-0.25, -0.2) is 4.57 Å². The van der Waals surface area contributed by atoms with E-state index >= 15 is 0 Å². The van der Waals surface area contributed by atoms with Crippen molar-refractivity contribution < 1.29 is 13.6 Å². The second kappa shape index (κ2) is 9.68. The lowest BCUT2D eigenvalue weighted by molar-refractivity contribution is -0.734. The van der Waals surface area contributed by atoms with Crippen molar-refractivity contribution in [3.8, 4) is 22.6 Å². The third-order valence-electron chi connectivity index (χ3n) is 11.2. The van der Waals surface area contributed by atoms with Crippen molar-refractivity contribution in [1.29, 1.82) is 0 Å². The molecule has 9 aromatic rings. The minimum absolute atomic E-state index is 0.665. The highest BCUT2D eigenvalue weighted by Crippen LogP contribution is 2.55. The molecule has 11 rings (SSSR count). The zero-order valence-corrected chi connectivity index (χ0v) is 29.3. The van der Waals surface area contributed by atoms with Gasteiger partial charge in [-0.05, 0) is 58.8 Å². The Hall–Kier alpha value is -5.78. The first kappa shape index (κ1) is 28.1. The Balaban J connectivity index is 1.40. The van der Waals surface area contributed by atoms with Gasteiger partial charge in [-0.15, -0.1) is 4.57 Å². The highest BCUT2D eigenvalue weighted by atomic mass is 28.3. The molecule has 0 fully saturated rings. The zero-order chi connectivity index (χ0) is 33.4. The van der Waals surface area contributed by atoms with Crippen molar-refractivity contribution in [1.82, 2.24) is 4.57 Å². The third kappa shape index (κ3) is 3.50. The van der Waals surface area contributed by atoms with Gasteiger partial charge in [-0.2, -0.15) is 4.57 Å². The van der Waals surface area contributed by atoms with Crippen molar-refractivity contribution in [3.05, 3.63) is 162 Å². The molecule has 0 amide bonds. The smallest absolute Gasteiger partial charge is 0.364 e. The quantitative estimate of drug-likeness (QED) is 0.137. The molecule has 5 heteroatoms. The first-order valence-corrected chi connectivity index (χ1v) is 21.1. The van der Waals surface area contributed by atoms with Crippen LogP contribution in [0.1, 0.15) is 16.7 Å². The van der Waals surface area contributed by atoms with Crippen LogP contribution in [0.15, 0.2) is 150 Å². The van der Waals surface area contributed by atoms with Crippen LogP contribution in [0.2, 0.25) is 19.6 Å². The van der Waals surface area contributed by atoms with Crippen LogP contribution in [0.3, 0.4) is 0 Å². The van der Waals surface area contributed by atoms with E-state index in [2.05, 4.69) is 179 Å². The molecular weight excluding hydrogens is 627 g/mol. The van der Waals surface area contributed by atoms with Crippen molar-refractivity contribution >= 4 is 57.0 Å². The van der Waals surface area contributed by atoms with Crippen molar-refractivity contribution in [2.45, 2.75) is 31.8 Å². The molecule has 0 bridgehead atoms. The van der Waals surface area contributed by atoms with E-state index in [1.807, 2.05) is 0 Å². The van der Waals surface area contributed by atoms with Gasteiger partial charge in [0.1, 0.15) is 17.7 Å². The summed E-state index contributed by atoms with van der Waals surface area (Å²) in [6.07, 6.45) is 2.48. The van der Waals surface area contributed by atoms with E-state index in [9.17, 15) is 0 Å². The van der Waals surface area contributed by atoms with Gasteiger partial charge >= 0.3 is 11.5 Å². The van der Waals surface area contributed by atoms with Gasteiger partial charge in [0.05, 0.1) is 24.8 Å². The van der Waals surface area contributed by atoms with Crippen LogP contribution < -0.4 is 14.3 Å². The molecule has 1 spiro atoms. The first-order chi connectivity index (χ1) is 24.4. The predicted octanol–water partition coefficient (Wildman–Crippen LogP) is 9.12. The number of fused-ring (bicyclic) bond motifs is 17. The Labute approximate surface area is 291 Å². The van der Waals surface area contributed by atoms with E-state index in [0.29, 0.717) is 0 Å². The molecule has 0 N–H and O–H groups in total. The average molecular weight is 662 g/mol. The summed E-state index contributed by atoms with van der Waals surface area (Å²) in [6, 6.07) is 51.5. The van der Waals surface area contributed by atoms with Crippen LogP contribution in [0, 0.1) is 0 Å². The Kier molecular flexibility index (Phi) is 5.44. The normalized spacial score (nSPS) is 16.1. The molecule has 0 saturated heterocycles. The van der Waals surface area contributed by atoms with Gasteiger partial charge in [-0.1, -0.05) is 111 Å². The molecule has 2 aliphatic heterocycles. The Morgan fingerprint density at radius 1 is 0.680 bits per heavy atom. The van der Waals surface area contributed by atoms with Gasteiger partial charge in [0.25, 0.3) is 0 Å². The highest BCUT2D eigenvalue weighted by Gasteiger charge is 2.66. The van der Waals surface area contributed by atoms with Crippen molar-refractivity contribution in [2.75, 3.05) is 0 Å². The summed E-state index contributed by atoms with van der Waals surface area (Å²) in [5, 5.41) is 6.21. The Morgan fingerprint density at radius 2 is 1.42 bits per heavy atom. The molecule has 50 heavy (non-hydrogen) atoms. The van der Waals surface area contributed by atoms with Gasteiger partial charge in [-0.3, -0.25) is 0 Å². The number of aromatic nitrogens is 3. The molecule has 1 unspecified atom stereocenters.